The standard InChI is InChI=1S/C15H14BO2.3C13H11BNO3.C12H10BN2O3.CH4.5Rb/c1-11-3-5-13(6-4-11)18-14-7-8-15-12(9-14)10-17-16(15)2;2*1-9-2-5-13(15-7-9)18-11-3-4-12-10(6-11)8-17-14(12)16;1-9-3-2-6-15-13(9)18-11-4-5-12-10(7-11)8-17-14(12)16;1-8-5-14-12(15-6-8)18-10-2-3-11-9(4-10)7-17-13(11)16;;;;;;/h3-5,7-9H,10H2,1-2H3;3-7,16H,8H2,1H3;2-4,6-7,16H,8H2,1H3;2-5,7,16H,8H2,1H3;2-5,16H,7H2,1H3;1H4;;;;;/q5*-1;;5*+1. The molecule has 458 valence electrons. The molecule has 15 rings (SSSR count). The van der Waals surface area contributed by atoms with Gasteiger partial charge in [-0.15, -0.1) is 36.2 Å². The van der Waals surface area contributed by atoms with Gasteiger partial charge in [0, 0.05) is 5.75 Å². The summed E-state index contributed by atoms with van der Waals surface area (Å²) in [7, 11) is -3.30. The van der Waals surface area contributed by atoms with Crippen molar-refractivity contribution in [3.05, 3.63) is 238 Å². The van der Waals surface area contributed by atoms with E-state index >= 15 is 0 Å². The van der Waals surface area contributed by atoms with Gasteiger partial charge in [-0.2, -0.15) is 47.5 Å². The van der Waals surface area contributed by atoms with E-state index in [0.29, 0.717) is 73.7 Å². The van der Waals surface area contributed by atoms with E-state index in [-0.39, 0.29) is 311 Å². The molecule has 0 saturated carbocycles. The molecule has 0 saturated heterocycles. The monoisotopic (exact) mass is 1640 g/mol. The summed E-state index contributed by atoms with van der Waals surface area (Å²) in [5, 5.41) is 38.0. The summed E-state index contributed by atoms with van der Waals surface area (Å²) in [4.78, 5) is 20.3. The van der Waals surface area contributed by atoms with Gasteiger partial charge >= 0.3 is 326 Å². The minimum absolute atomic E-state index is 0. The third kappa shape index (κ3) is 24.7. The molecule has 96 heavy (non-hydrogen) atoms. The Bertz CT molecular complexity index is 3700. The zero-order valence-corrected chi connectivity index (χ0v) is 79.5. The topological polar surface area (TPSA) is 238 Å². The zero-order chi connectivity index (χ0) is 62.7. The summed E-state index contributed by atoms with van der Waals surface area (Å²) >= 11 is 0. The van der Waals surface area contributed by atoms with Gasteiger partial charge in [-0.25, -0.2) is 6.07 Å². The van der Waals surface area contributed by atoms with Crippen LogP contribution in [0.2, 0.25) is 6.82 Å². The van der Waals surface area contributed by atoms with E-state index in [4.69, 9.17) is 47.0 Å². The normalized spacial score (nSPS) is 12.7. The van der Waals surface area contributed by atoms with Crippen LogP contribution in [0.15, 0.2) is 152 Å². The maximum atomic E-state index is 9.53. The van der Waals surface area contributed by atoms with Crippen molar-refractivity contribution in [1.29, 1.82) is 0 Å². The van der Waals surface area contributed by atoms with Gasteiger partial charge in [-0.1, -0.05) is 103 Å². The van der Waals surface area contributed by atoms with E-state index in [1.807, 2.05) is 107 Å². The van der Waals surface area contributed by atoms with Crippen molar-refractivity contribution in [2.75, 3.05) is 0 Å². The smallest absolute Gasteiger partial charge is 0.499 e. The van der Waals surface area contributed by atoms with Crippen LogP contribution in [0.4, 0.5) is 0 Å². The molecule has 29 heteroatoms. The van der Waals surface area contributed by atoms with Crippen LogP contribution in [-0.4, -0.2) is 80.4 Å². The molecule has 0 bridgehead atoms. The van der Waals surface area contributed by atoms with Crippen molar-refractivity contribution in [2.24, 2.45) is 0 Å². The van der Waals surface area contributed by atoms with Crippen molar-refractivity contribution in [3.8, 4) is 58.1 Å². The van der Waals surface area contributed by atoms with Crippen molar-refractivity contribution >= 4 is 62.7 Å². The Morgan fingerprint density at radius 2 is 0.896 bits per heavy atom. The Morgan fingerprint density at radius 1 is 0.427 bits per heavy atom. The molecule has 0 radical (unpaired) electrons. The molecule has 0 aliphatic carbocycles. The average Bonchev–Trinajstić information content (AvgIpc) is 1.74. The summed E-state index contributed by atoms with van der Waals surface area (Å²) in [5.74, 6) is 5.69. The minimum atomic E-state index is -0.835. The van der Waals surface area contributed by atoms with Crippen LogP contribution in [0.5, 0.6) is 58.1 Å². The fourth-order valence-electron chi connectivity index (χ4n) is 9.53. The number of pyridine rings is 3. The average molecular weight is 1640 g/mol. The molecule has 9 heterocycles. The molecule has 4 aromatic heterocycles. The summed E-state index contributed by atoms with van der Waals surface area (Å²) in [6, 6.07) is 50.2. The quantitative estimate of drug-likeness (QED) is 0.0736. The summed E-state index contributed by atoms with van der Waals surface area (Å²) in [6.45, 7) is 14.2. The fourth-order valence-corrected chi connectivity index (χ4v) is 9.53. The molecule has 6 aromatic carbocycles. The van der Waals surface area contributed by atoms with E-state index in [0.717, 1.165) is 77.9 Å². The number of aromatic nitrogens is 5. The Hall–Kier alpha value is -0.159. The van der Waals surface area contributed by atoms with Crippen molar-refractivity contribution in [1.82, 2.24) is 24.9 Å². The van der Waals surface area contributed by atoms with E-state index in [1.54, 1.807) is 73.2 Å². The first-order chi connectivity index (χ1) is 43.6. The molecule has 5 aliphatic heterocycles. The molecule has 0 atom stereocenters. The Balaban J connectivity index is 0.000000214. The molecule has 0 unspecified atom stereocenters. The molecule has 0 amide bonds. The van der Waals surface area contributed by atoms with Crippen LogP contribution in [0.3, 0.4) is 0 Å². The van der Waals surface area contributed by atoms with Gasteiger partial charge in [0.1, 0.15) is 46.4 Å². The Kier molecular flexibility index (Phi) is 38.5. The number of hydrogen-bond donors (Lipinski definition) is 4. The van der Waals surface area contributed by atoms with E-state index in [2.05, 4.69) is 68.4 Å². The van der Waals surface area contributed by atoms with Gasteiger partial charge in [0.25, 0.3) is 0 Å². The number of ether oxygens (including phenoxy) is 5. The number of nitrogens with zero attached hydrogens (tertiary/aromatic N) is 5. The molecule has 10 aromatic rings. The maximum absolute atomic E-state index is 9.53. The molecular weight excluding hydrogens is 1580 g/mol. The number of hydrogen-bond acceptors (Lipinski definition) is 19. The summed E-state index contributed by atoms with van der Waals surface area (Å²) in [6.07, 6.45) is 10.6. The fraction of sp³-hybridized carbons (Fsp3) is 0.179. The SMILES string of the molecule is C.CB1OCc2cc(Oc3[c-]cc(C)cc3)ccc21.Cc1[c-]cc(Oc2ccc3c(c2)COB3O)nc1.Cc1[c-]nc(Oc2ccc3c(c2)COB3O)nc1.Cc1c[c-]c(Oc2ccc3c(c2)COB3O)nc1.Cc1cc[c-]nc1Oc1ccc2c(c1)COB2O.[Rb+].[Rb+].[Rb+].[Rb+].[Rb+]. The maximum Gasteiger partial charge on any atom is 1.00 e. The third-order valence-corrected chi connectivity index (χ3v) is 14.4. The zero-order valence-electron chi connectivity index (χ0n) is 55.0. The van der Waals surface area contributed by atoms with Gasteiger partial charge in [-0.05, 0) is 122 Å². The van der Waals surface area contributed by atoms with Gasteiger partial charge in [0.05, 0.1) is 33.0 Å². The predicted molar refractivity (Wildman–Crippen MR) is 344 cm³/mol. The van der Waals surface area contributed by atoms with Crippen LogP contribution in [-0.2, 0) is 56.3 Å². The first kappa shape index (κ1) is 86.5. The number of fused-ring (bicyclic) bond motifs is 5. The van der Waals surface area contributed by atoms with Crippen LogP contribution in [0.25, 0.3) is 0 Å². The first-order valence-corrected chi connectivity index (χ1v) is 28.7. The van der Waals surface area contributed by atoms with Crippen molar-refractivity contribution in [3.63, 3.8) is 0 Å². The van der Waals surface area contributed by atoms with Crippen LogP contribution >= 0.6 is 0 Å². The second-order valence-corrected chi connectivity index (χ2v) is 21.3. The number of rotatable bonds is 10. The first-order valence-electron chi connectivity index (χ1n) is 28.7. The predicted octanol–water partition coefficient (Wildman–Crippen LogP) is -7.20. The van der Waals surface area contributed by atoms with Crippen LogP contribution < -0.4 is 342 Å². The second-order valence-electron chi connectivity index (χ2n) is 21.3. The van der Waals surface area contributed by atoms with Gasteiger partial charge in [-0.3, -0.25) is 4.98 Å². The third-order valence-electron chi connectivity index (χ3n) is 14.4. The van der Waals surface area contributed by atoms with E-state index in [1.165, 1.54) is 16.6 Å². The van der Waals surface area contributed by atoms with Crippen LogP contribution in [0, 0.1) is 65.2 Å². The van der Waals surface area contributed by atoms with Gasteiger partial charge in [0.2, 0.25) is 6.01 Å². The molecular formula is C67H61B5N5O14Rb5. The summed E-state index contributed by atoms with van der Waals surface area (Å²) in [5.41, 5.74) is 14.4. The molecule has 4 N–H and O–H groups in total. The van der Waals surface area contributed by atoms with Gasteiger partial charge < -0.3 is 87.0 Å². The number of benzene rings is 6. The Labute approximate surface area is 807 Å². The van der Waals surface area contributed by atoms with Gasteiger partial charge in [0.15, 0.2) is 0 Å². The molecule has 5 aliphatic rings. The molecule has 0 fully saturated rings. The second kappa shape index (κ2) is 42.7. The molecule has 19 nitrogen and oxygen atoms in total. The largest absolute Gasteiger partial charge is 1.00 e. The van der Waals surface area contributed by atoms with E-state index < -0.39 is 28.5 Å². The Morgan fingerprint density at radius 3 is 1.36 bits per heavy atom. The van der Waals surface area contributed by atoms with Crippen molar-refractivity contribution < 1.29 is 358 Å². The molecule has 0 spiro atoms. The van der Waals surface area contributed by atoms with Crippen molar-refractivity contribution in [2.45, 2.75) is 81.9 Å². The summed E-state index contributed by atoms with van der Waals surface area (Å²) < 4.78 is 54.2. The van der Waals surface area contributed by atoms with E-state index in [9.17, 15) is 20.1 Å². The minimum Gasteiger partial charge on any atom is -0.499 e. The van der Waals surface area contributed by atoms with Crippen LogP contribution in [0.1, 0.15) is 63.1 Å². The number of aryl methyl sites for hydroxylation is 5.